The minimum absolute atomic E-state index is 0.113. The van der Waals surface area contributed by atoms with Gasteiger partial charge in [-0.2, -0.15) is 10.5 Å². The maximum atomic E-state index is 8.68. The van der Waals surface area contributed by atoms with Crippen LogP contribution >= 0.6 is 0 Å². The van der Waals surface area contributed by atoms with Gasteiger partial charge in [-0.05, 0) is 12.1 Å². The summed E-state index contributed by atoms with van der Waals surface area (Å²) < 4.78 is 0. The summed E-state index contributed by atoms with van der Waals surface area (Å²) in [5.74, 6) is 0.901. The monoisotopic (exact) mass is 184 g/mol. The van der Waals surface area contributed by atoms with Crippen molar-refractivity contribution in [2.45, 2.75) is 0 Å². The summed E-state index contributed by atoms with van der Waals surface area (Å²) in [7, 11) is 0. The average Bonchev–Trinajstić information content (AvgIpc) is 2.17. The van der Waals surface area contributed by atoms with Crippen LogP contribution in [-0.4, -0.2) is 18.1 Å². The van der Waals surface area contributed by atoms with Crippen LogP contribution in [0.5, 0.6) is 0 Å². The highest BCUT2D eigenvalue weighted by Gasteiger charge is 2.27. The molecule has 1 saturated heterocycles. The van der Waals surface area contributed by atoms with Gasteiger partial charge in [0.05, 0.1) is 23.6 Å². The molecule has 0 bridgehead atoms. The first kappa shape index (κ1) is 8.52. The van der Waals surface area contributed by atoms with E-state index in [4.69, 9.17) is 10.5 Å². The molecule has 1 aliphatic rings. The van der Waals surface area contributed by atoms with Gasteiger partial charge in [-0.3, -0.25) is 0 Å². The second kappa shape index (κ2) is 3.35. The van der Waals surface area contributed by atoms with Crippen molar-refractivity contribution in [3.63, 3.8) is 0 Å². The number of rotatable bonds is 1. The molecule has 0 N–H and O–H groups in total. The predicted octanol–water partition coefficient (Wildman–Crippen LogP) is 0.913. The Morgan fingerprint density at radius 1 is 1.43 bits per heavy atom. The minimum atomic E-state index is 0.113. The molecule has 0 saturated carbocycles. The zero-order valence-electron chi connectivity index (χ0n) is 7.51. The molecule has 14 heavy (non-hydrogen) atoms. The van der Waals surface area contributed by atoms with Gasteiger partial charge in [-0.1, -0.05) is 0 Å². The van der Waals surface area contributed by atoms with E-state index in [0.717, 1.165) is 18.9 Å². The first-order chi connectivity index (χ1) is 6.83. The smallest absolute Gasteiger partial charge is 0.129 e. The molecule has 1 aromatic heterocycles. The first-order valence-electron chi connectivity index (χ1n) is 4.34. The van der Waals surface area contributed by atoms with Crippen LogP contribution in [0.4, 0.5) is 5.82 Å². The lowest BCUT2D eigenvalue weighted by atomic mass is 10.0. The van der Waals surface area contributed by atoms with Gasteiger partial charge in [0.1, 0.15) is 5.82 Å². The number of aromatic nitrogens is 1. The molecule has 1 fully saturated rings. The standard InChI is InChI=1S/C10H8N4/c11-4-8-1-2-13-10(3-8)14-6-9(5-12)7-14/h1-3,9H,6-7H2. The van der Waals surface area contributed by atoms with Crippen LogP contribution in [0.2, 0.25) is 0 Å². The highest BCUT2D eigenvalue weighted by Crippen LogP contribution is 2.22. The summed E-state index contributed by atoms with van der Waals surface area (Å²) in [6, 6.07) is 7.67. The van der Waals surface area contributed by atoms with Crippen LogP contribution in [-0.2, 0) is 0 Å². The number of hydrogen-bond acceptors (Lipinski definition) is 4. The third kappa shape index (κ3) is 1.38. The van der Waals surface area contributed by atoms with Crippen LogP contribution in [0.1, 0.15) is 5.56 Å². The van der Waals surface area contributed by atoms with E-state index in [2.05, 4.69) is 17.1 Å². The molecule has 4 nitrogen and oxygen atoms in total. The molecule has 0 unspecified atom stereocenters. The molecule has 0 spiro atoms. The Hall–Kier alpha value is -2.07. The van der Waals surface area contributed by atoms with Crippen LogP contribution in [0.25, 0.3) is 0 Å². The Labute approximate surface area is 82.0 Å². The van der Waals surface area contributed by atoms with E-state index in [0.29, 0.717) is 5.56 Å². The molecule has 0 radical (unpaired) electrons. The molecule has 1 aliphatic heterocycles. The van der Waals surface area contributed by atoms with Crippen molar-refractivity contribution in [2.75, 3.05) is 18.0 Å². The molecular formula is C10H8N4. The first-order valence-corrected chi connectivity index (χ1v) is 4.34. The normalized spacial score (nSPS) is 15.4. The fraction of sp³-hybridized carbons (Fsp3) is 0.300. The average molecular weight is 184 g/mol. The summed E-state index contributed by atoms with van der Waals surface area (Å²) in [6.07, 6.45) is 1.62. The van der Waals surface area contributed by atoms with E-state index in [1.165, 1.54) is 0 Å². The second-order valence-corrected chi connectivity index (χ2v) is 3.25. The van der Waals surface area contributed by atoms with Crippen molar-refractivity contribution in [1.29, 1.82) is 10.5 Å². The molecule has 0 atom stereocenters. The second-order valence-electron chi connectivity index (χ2n) is 3.25. The topological polar surface area (TPSA) is 63.7 Å². The van der Waals surface area contributed by atoms with Gasteiger partial charge in [-0.25, -0.2) is 4.98 Å². The maximum absolute atomic E-state index is 8.68. The van der Waals surface area contributed by atoms with Gasteiger partial charge < -0.3 is 4.90 Å². The zero-order chi connectivity index (χ0) is 9.97. The molecule has 68 valence electrons. The van der Waals surface area contributed by atoms with Crippen molar-refractivity contribution in [3.05, 3.63) is 23.9 Å². The Morgan fingerprint density at radius 3 is 2.86 bits per heavy atom. The van der Waals surface area contributed by atoms with Gasteiger partial charge in [0.2, 0.25) is 0 Å². The van der Waals surface area contributed by atoms with Gasteiger partial charge in [-0.15, -0.1) is 0 Å². The molecule has 0 amide bonds. The van der Waals surface area contributed by atoms with Crippen LogP contribution in [0.15, 0.2) is 18.3 Å². The number of pyridine rings is 1. The Kier molecular flexibility index (Phi) is 2.04. The Morgan fingerprint density at radius 2 is 2.21 bits per heavy atom. The van der Waals surface area contributed by atoms with E-state index in [9.17, 15) is 0 Å². The molecule has 2 heterocycles. The summed E-state index contributed by atoms with van der Waals surface area (Å²) in [5, 5.41) is 17.3. The van der Waals surface area contributed by atoms with Crippen molar-refractivity contribution in [1.82, 2.24) is 4.98 Å². The van der Waals surface area contributed by atoms with Crippen molar-refractivity contribution >= 4 is 5.82 Å². The molecule has 0 aromatic carbocycles. The maximum Gasteiger partial charge on any atom is 0.129 e. The lowest BCUT2D eigenvalue weighted by Crippen LogP contribution is -2.46. The molecule has 2 rings (SSSR count). The fourth-order valence-electron chi connectivity index (χ4n) is 1.41. The van der Waals surface area contributed by atoms with Crippen LogP contribution in [0, 0.1) is 28.6 Å². The SMILES string of the molecule is N#Cc1ccnc(N2CC(C#N)C2)c1. The number of hydrogen-bond donors (Lipinski definition) is 0. The summed E-state index contributed by atoms with van der Waals surface area (Å²) in [4.78, 5) is 6.14. The van der Waals surface area contributed by atoms with Gasteiger partial charge in [0.25, 0.3) is 0 Å². The lowest BCUT2D eigenvalue weighted by Gasteiger charge is -2.36. The summed E-state index contributed by atoms with van der Waals surface area (Å²) in [5.41, 5.74) is 0.607. The number of nitriles is 2. The van der Waals surface area contributed by atoms with E-state index in [1.807, 2.05) is 4.90 Å². The van der Waals surface area contributed by atoms with Gasteiger partial charge in [0.15, 0.2) is 0 Å². The highest BCUT2D eigenvalue weighted by molar-refractivity contribution is 5.47. The van der Waals surface area contributed by atoms with Crippen molar-refractivity contribution in [2.24, 2.45) is 5.92 Å². The Balaban J connectivity index is 2.12. The third-order valence-electron chi connectivity index (χ3n) is 2.26. The van der Waals surface area contributed by atoms with Crippen LogP contribution < -0.4 is 4.90 Å². The zero-order valence-corrected chi connectivity index (χ0v) is 7.51. The van der Waals surface area contributed by atoms with Crippen LogP contribution in [0.3, 0.4) is 0 Å². The van der Waals surface area contributed by atoms with E-state index in [1.54, 1.807) is 18.3 Å². The van der Waals surface area contributed by atoms with E-state index < -0.39 is 0 Å². The Bertz CT molecular complexity index is 420. The molecule has 1 aromatic rings. The van der Waals surface area contributed by atoms with Crippen molar-refractivity contribution < 1.29 is 0 Å². The highest BCUT2D eigenvalue weighted by atomic mass is 15.2. The third-order valence-corrected chi connectivity index (χ3v) is 2.26. The van der Waals surface area contributed by atoms with E-state index >= 15 is 0 Å². The predicted molar refractivity (Wildman–Crippen MR) is 50.3 cm³/mol. The number of nitrogens with zero attached hydrogens (tertiary/aromatic N) is 4. The minimum Gasteiger partial charge on any atom is -0.354 e. The quantitative estimate of drug-likeness (QED) is 0.650. The molecular weight excluding hydrogens is 176 g/mol. The lowest BCUT2D eigenvalue weighted by molar-refractivity contribution is 0.499. The fourth-order valence-corrected chi connectivity index (χ4v) is 1.41. The summed E-state index contributed by atoms with van der Waals surface area (Å²) in [6.45, 7) is 1.44. The van der Waals surface area contributed by atoms with Crippen molar-refractivity contribution in [3.8, 4) is 12.1 Å². The number of anilines is 1. The molecule has 4 heteroatoms. The van der Waals surface area contributed by atoms with E-state index in [-0.39, 0.29) is 5.92 Å². The van der Waals surface area contributed by atoms with Gasteiger partial charge >= 0.3 is 0 Å². The summed E-state index contributed by atoms with van der Waals surface area (Å²) >= 11 is 0. The van der Waals surface area contributed by atoms with Gasteiger partial charge in [0, 0.05) is 19.3 Å². The molecule has 0 aliphatic carbocycles. The largest absolute Gasteiger partial charge is 0.354 e.